The van der Waals surface area contributed by atoms with E-state index in [-0.39, 0.29) is 18.0 Å². The van der Waals surface area contributed by atoms with Crippen molar-refractivity contribution in [2.24, 2.45) is 0 Å². The maximum Gasteiger partial charge on any atom is 0.224 e. The van der Waals surface area contributed by atoms with Crippen LogP contribution in [0.25, 0.3) is 0 Å². The molecule has 0 radical (unpaired) electrons. The lowest BCUT2D eigenvalue weighted by Gasteiger charge is -2.22. The number of likely N-dealkylation sites (tertiary alicyclic amines) is 1. The second-order valence-corrected chi connectivity index (χ2v) is 3.06. The fourth-order valence-corrected chi connectivity index (χ4v) is 1.63. The second kappa shape index (κ2) is 3.96. The predicted molar refractivity (Wildman–Crippen MR) is 48.4 cm³/mol. The summed E-state index contributed by atoms with van der Waals surface area (Å²) in [5.41, 5.74) is 0. The Labute approximate surface area is 78.3 Å². The van der Waals surface area contributed by atoms with E-state index in [4.69, 9.17) is 11.7 Å². The van der Waals surface area contributed by atoms with Gasteiger partial charge in [0.1, 0.15) is 6.04 Å². The minimum Gasteiger partial charge on any atom is -0.313 e. The minimum absolute atomic E-state index is 0.0213. The van der Waals surface area contributed by atoms with Gasteiger partial charge in [-0.05, 0) is 12.8 Å². The van der Waals surface area contributed by atoms with E-state index in [1.807, 2.05) is 0 Å². The molecule has 2 atom stereocenters. The molecule has 0 aromatic carbocycles. The highest BCUT2D eigenvalue weighted by molar-refractivity contribution is 5.77. The quantitative estimate of drug-likeness (QED) is 0.557. The van der Waals surface area contributed by atoms with Crippen LogP contribution in [0.5, 0.6) is 0 Å². The smallest absolute Gasteiger partial charge is 0.224 e. The average Bonchev–Trinajstić information content (AvgIpc) is 2.59. The number of carbonyl (C=O) groups is 1. The average molecular weight is 176 g/mol. The fraction of sp³-hybridized carbons (Fsp3) is 0.600. The summed E-state index contributed by atoms with van der Waals surface area (Å²) in [7, 11) is 0. The molecule has 1 aliphatic rings. The summed E-state index contributed by atoms with van der Waals surface area (Å²) in [4.78, 5) is 13.0. The van der Waals surface area contributed by atoms with Crippen LogP contribution >= 0.6 is 0 Å². The van der Waals surface area contributed by atoms with Crippen LogP contribution < -0.4 is 0 Å². The van der Waals surface area contributed by atoms with Gasteiger partial charge in [0.2, 0.25) is 5.91 Å². The first-order chi connectivity index (χ1) is 6.24. The zero-order chi connectivity index (χ0) is 9.84. The third kappa shape index (κ3) is 1.65. The van der Waals surface area contributed by atoms with Crippen molar-refractivity contribution < 1.29 is 4.79 Å². The minimum atomic E-state index is -0.312. The number of hydrogen-bond acceptors (Lipinski definition) is 2. The number of rotatable bonds is 1. The van der Waals surface area contributed by atoms with E-state index in [1.54, 1.807) is 11.8 Å². The molecule has 0 spiro atoms. The van der Waals surface area contributed by atoms with Crippen molar-refractivity contribution in [2.45, 2.75) is 38.3 Å². The van der Waals surface area contributed by atoms with E-state index in [1.165, 1.54) is 0 Å². The molecular formula is C10H12N2O. The third-order valence-corrected chi connectivity index (χ3v) is 2.32. The van der Waals surface area contributed by atoms with E-state index in [0.717, 1.165) is 6.42 Å². The topological polar surface area (TPSA) is 44.1 Å². The molecule has 0 bridgehead atoms. The summed E-state index contributed by atoms with van der Waals surface area (Å²) < 4.78 is 0. The number of terminal acetylenes is 1. The van der Waals surface area contributed by atoms with E-state index in [2.05, 4.69) is 12.0 Å². The zero-order valence-corrected chi connectivity index (χ0v) is 7.66. The Bertz CT molecular complexity index is 262. The molecule has 0 unspecified atom stereocenters. The molecule has 0 N–H and O–H groups in total. The van der Waals surface area contributed by atoms with Crippen molar-refractivity contribution in [2.75, 3.05) is 0 Å². The highest BCUT2D eigenvalue weighted by Gasteiger charge is 2.34. The number of nitriles is 1. The fourth-order valence-electron chi connectivity index (χ4n) is 1.63. The van der Waals surface area contributed by atoms with Gasteiger partial charge in [-0.25, -0.2) is 0 Å². The molecule has 3 nitrogen and oxygen atoms in total. The van der Waals surface area contributed by atoms with E-state index >= 15 is 0 Å². The van der Waals surface area contributed by atoms with Crippen LogP contribution in [0.1, 0.15) is 26.2 Å². The summed E-state index contributed by atoms with van der Waals surface area (Å²) in [6, 6.07) is 1.62. The van der Waals surface area contributed by atoms with Gasteiger partial charge in [-0.2, -0.15) is 5.26 Å². The largest absolute Gasteiger partial charge is 0.313 e. The SMILES string of the molecule is C#C[C@H]1CC[C@@H](C#N)N1C(=O)CC. The Balaban J connectivity index is 2.82. The molecule has 68 valence electrons. The van der Waals surface area contributed by atoms with Crippen molar-refractivity contribution in [1.82, 2.24) is 4.90 Å². The summed E-state index contributed by atoms with van der Waals surface area (Å²) in [5.74, 6) is 2.53. The number of carbonyl (C=O) groups excluding carboxylic acids is 1. The first-order valence-corrected chi connectivity index (χ1v) is 4.41. The Kier molecular flexibility index (Phi) is 2.93. The van der Waals surface area contributed by atoms with Crippen molar-refractivity contribution >= 4 is 5.91 Å². The molecule has 0 aromatic heterocycles. The molecule has 3 heteroatoms. The van der Waals surface area contributed by atoms with Crippen LogP contribution in [0.15, 0.2) is 0 Å². The summed E-state index contributed by atoms with van der Waals surface area (Å²) in [6.45, 7) is 1.78. The van der Waals surface area contributed by atoms with E-state index in [0.29, 0.717) is 12.8 Å². The summed E-state index contributed by atoms with van der Waals surface area (Å²) in [6.07, 6.45) is 7.15. The lowest BCUT2D eigenvalue weighted by molar-refractivity contribution is -0.131. The van der Waals surface area contributed by atoms with Gasteiger partial charge < -0.3 is 4.90 Å². The van der Waals surface area contributed by atoms with Crippen LogP contribution in [-0.2, 0) is 4.79 Å². The molecule has 0 saturated carbocycles. The van der Waals surface area contributed by atoms with Crippen LogP contribution in [0.4, 0.5) is 0 Å². The zero-order valence-electron chi connectivity index (χ0n) is 7.66. The molecule has 1 rings (SSSR count). The van der Waals surface area contributed by atoms with Crippen molar-refractivity contribution in [3.63, 3.8) is 0 Å². The summed E-state index contributed by atoms with van der Waals surface area (Å²) >= 11 is 0. The number of amides is 1. The van der Waals surface area contributed by atoms with Gasteiger partial charge >= 0.3 is 0 Å². The molecule has 1 amide bonds. The number of nitrogens with zero attached hydrogens (tertiary/aromatic N) is 2. The molecule has 1 heterocycles. The molecule has 1 saturated heterocycles. The highest BCUT2D eigenvalue weighted by atomic mass is 16.2. The predicted octanol–water partition coefficient (Wildman–Crippen LogP) is 0.913. The van der Waals surface area contributed by atoms with Crippen LogP contribution in [-0.4, -0.2) is 22.9 Å². The summed E-state index contributed by atoms with van der Waals surface area (Å²) in [5, 5.41) is 8.78. The van der Waals surface area contributed by atoms with E-state index in [9.17, 15) is 4.79 Å². The molecule has 13 heavy (non-hydrogen) atoms. The molecular weight excluding hydrogens is 164 g/mol. The normalized spacial score (nSPS) is 26.5. The van der Waals surface area contributed by atoms with Crippen molar-refractivity contribution in [1.29, 1.82) is 5.26 Å². The molecule has 0 aromatic rings. The number of hydrogen-bond donors (Lipinski definition) is 0. The first kappa shape index (κ1) is 9.61. The molecule has 1 aliphatic heterocycles. The Morgan fingerprint density at radius 2 is 2.23 bits per heavy atom. The molecule has 0 aliphatic carbocycles. The lowest BCUT2D eigenvalue weighted by Crippen LogP contribution is -2.39. The van der Waals surface area contributed by atoms with Gasteiger partial charge in [0, 0.05) is 6.42 Å². The maximum atomic E-state index is 11.4. The van der Waals surface area contributed by atoms with Crippen molar-refractivity contribution in [3.05, 3.63) is 0 Å². The highest BCUT2D eigenvalue weighted by Crippen LogP contribution is 2.23. The van der Waals surface area contributed by atoms with Crippen LogP contribution in [0.3, 0.4) is 0 Å². The van der Waals surface area contributed by atoms with Gasteiger partial charge in [-0.1, -0.05) is 12.8 Å². The van der Waals surface area contributed by atoms with Gasteiger partial charge in [0.05, 0.1) is 12.1 Å². The van der Waals surface area contributed by atoms with Gasteiger partial charge in [-0.3, -0.25) is 4.79 Å². The molecule has 1 fully saturated rings. The van der Waals surface area contributed by atoms with Gasteiger partial charge in [0.15, 0.2) is 0 Å². The Hall–Kier alpha value is -1.48. The standard InChI is InChI=1S/C10H12N2O/c1-3-8-5-6-9(7-11)12(8)10(13)4-2/h1,8-9H,4-6H2,2H3/t8-,9-/m0/s1. The van der Waals surface area contributed by atoms with Gasteiger partial charge in [-0.15, -0.1) is 6.42 Å². The first-order valence-electron chi connectivity index (χ1n) is 4.41. The maximum absolute atomic E-state index is 11.4. The Morgan fingerprint density at radius 1 is 1.62 bits per heavy atom. The third-order valence-electron chi connectivity index (χ3n) is 2.32. The second-order valence-electron chi connectivity index (χ2n) is 3.06. The lowest BCUT2D eigenvalue weighted by atomic mass is 10.2. The monoisotopic (exact) mass is 176 g/mol. The van der Waals surface area contributed by atoms with Gasteiger partial charge in [0.25, 0.3) is 0 Å². The Morgan fingerprint density at radius 3 is 2.69 bits per heavy atom. The van der Waals surface area contributed by atoms with Crippen LogP contribution in [0, 0.1) is 23.7 Å². The van der Waals surface area contributed by atoms with Crippen LogP contribution in [0.2, 0.25) is 0 Å². The van der Waals surface area contributed by atoms with Crippen molar-refractivity contribution in [3.8, 4) is 18.4 Å². The van der Waals surface area contributed by atoms with E-state index < -0.39 is 0 Å².